The molecule has 0 spiro atoms. The number of rotatable bonds is 5. The average molecular weight is 339 g/mol. The minimum Gasteiger partial charge on any atom is -0.506 e. The molecule has 2 aromatic rings. The van der Waals surface area contributed by atoms with Gasteiger partial charge in [0.15, 0.2) is 0 Å². The minimum absolute atomic E-state index is 0.102. The molecule has 2 N–H and O–H groups in total. The second-order valence-electron chi connectivity index (χ2n) is 6.08. The normalized spacial score (nSPS) is 14.4. The molecule has 0 unspecified atom stereocenters. The predicted molar refractivity (Wildman–Crippen MR) is 94.1 cm³/mol. The Morgan fingerprint density at radius 2 is 2.12 bits per heavy atom. The number of carbonyl (C=O) groups excluding carboxylic acids is 2. The molecular weight excluding hydrogens is 318 g/mol. The van der Waals surface area contributed by atoms with E-state index in [-0.39, 0.29) is 17.6 Å². The predicted octanol–water partition coefficient (Wildman–Crippen LogP) is 2.20. The van der Waals surface area contributed by atoms with Gasteiger partial charge in [-0.15, -0.1) is 0 Å². The number of amides is 2. The quantitative estimate of drug-likeness (QED) is 0.875. The van der Waals surface area contributed by atoms with Crippen molar-refractivity contribution in [2.24, 2.45) is 0 Å². The molecule has 2 heterocycles. The van der Waals surface area contributed by atoms with Crippen molar-refractivity contribution in [3.8, 4) is 17.0 Å². The molecule has 130 valence electrons. The zero-order valence-corrected chi connectivity index (χ0v) is 13.9. The van der Waals surface area contributed by atoms with Crippen LogP contribution in [-0.2, 0) is 4.79 Å². The van der Waals surface area contributed by atoms with Crippen molar-refractivity contribution in [1.29, 1.82) is 0 Å². The average Bonchev–Trinajstić information content (AvgIpc) is 2.64. The Bertz CT molecular complexity index is 759. The molecule has 0 radical (unpaired) electrons. The second kappa shape index (κ2) is 7.79. The van der Waals surface area contributed by atoms with Crippen molar-refractivity contribution in [1.82, 2.24) is 15.2 Å². The highest BCUT2D eigenvalue weighted by Gasteiger charge is 2.17. The van der Waals surface area contributed by atoms with E-state index in [4.69, 9.17) is 0 Å². The van der Waals surface area contributed by atoms with Gasteiger partial charge in [0.1, 0.15) is 5.75 Å². The van der Waals surface area contributed by atoms with Crippen LogP contribution in [0.5, 0.6) is 5.75 Å². The van der Waals surface area contributed by atoms with E-state index in [2.05, 4.69) is 10.3 Å². The van der Waals surface area contributed by atoms with Crippen LogP contribution >= 0.6 is 0 Å². The number of nitrogens with one attached hydrogen (secondary N) is 1. The van der Waals surface area contributed by atoms with Gasteiger partial charge in [-0.2, -0.15) is 0 Å². The summed E-state index contributed by atoms with van der Waals surface area (Å²) >= 11 is 0. The molecule has 6 heteroatoms. The van der Waals surface area contributed by atoms with Crippen molar-refractivity contribution in [2.75, 3.05) is 19.6 Å². The molecule has 0 atom stereocenters. The van der Waals surface area contributed by atoms with Crippen LogP contribution in [0, 0.1) is 0 Å². The molecule has 1 aromatic carbocycles. The summed E-state index contributed by atoms with van der Waals surface area (Å²) in [6, 6.07) is 10.4. The van der Waals surface area contributed by atoms with Gasteiger partial charge in [-0.05, 0) is 37.1 Å². The molecule has 6 nitrogen and oxygen atoms in total. The number of pyridine rings is 1. The van der Waals surface area contributed by atoms with E-state index in [0.29, 0.717) is 30.8 Å². The van der Waals surface area contributed by atoms with Crippen LogP contribution in [0.2, 0.25) is 0 Å². The number of likely N-dealkylation sites (tertiary alicyclic amines) is 1. The summed E-state index contributed by atoms with van der Waals surface area (Å²) in [5.41, 5.74) is 2.03. The van der Waals surface area contributed by atoms with Gasteiger partial charge in [0.2, 0.25) is 5.91 Å². The molecule has 1 fully saturated rings. The molecule has 0 saturated carbocycles. The first-order valence-corrected chi connectivity index (χ1v) is 8.45. The van der Waals surface area contributed by atoms with Crippen LogP contribution in [0.4, 0.5) is 0 Å². The Hall–Kier alpha value is -2.89. The van der Waals surface area contributed by atoms with E-state index in [1.165, 1.54) is 6.20 Å². The fourth-order valence-corrected chi connectivity index (χ4v) is 2.88. The molecule has 3 rings (SSSR count). The first kappa shape index (κ1) is 17.0. The van der Waals surface area contributed by atoms with Crippen LogP contribution < -0.4 is 5.32 Å². The van der Waals surface area contributed by atoms with E-state index < -0.39 is 0 Å². The van der Waals surface area contributed by atoms with Crippen LogP contribution in [-0.4, -0.2) is 46.4 Å². The van der Waals surface area contributed by atoms with E-state index >= 15 is 0 Å². The maximum Gasteiger partial charge on any atom is 0.251 e. The number of hydrogen-bond donors (Lipinski definition) is 2. The third kappa shape index (κ3) is 4.35. The Balaban J connectivity index is 1.59. The summed E-state index contributed by atoms with van der Waals surface area (Å²) in [6.45, 7) is 1.76. The maximum absolute atomic E-state index is 12.3. The molecule has 1 aliphatic heterocycles. The van der Waals surface area contributed by atoms with Gasteiger partial charge in [-0.3, -0.25) is 14.6 Å². The summed E-state index contributed by atoms with van der Waals surface area (Å²) in [5, 5.41) is 12.2. The SMILES string of the molecule is O=C(NCCN1CCCCC1=O)c1cccc(-c2ccc(O)cn2)c1. The zero-order chi connectivity index (χ0) is 17.6. The number of hydrogen-bond acceptors (Lipinski definition) is 4. The second-order valence-corrected chi connectivity index (χ2v) is 6.08. The molecular formula is C19H21N3O3. The lowest BCUT2D eigenvalue weighted by atomic mass is 10.1. The largest absolute Gasteiger partial charge is 0.506 e. The minimum atomic E-state index is -0.176. The van der Waals surface area contributed by atoms with Crippen molar-refractivity contribution >= 4 is 11.8 Å². The van der Waals surface area contributed by atoms with Crippen molar-refractivity contribution < 1.29 is 14.7 Å². The summed E-state index contributed by atoms with van der Waals surface area (Å²) in [5.74, 6) is 0.0934. The van der Waals surface area contributed by atoms with Gasteiger partial charge < -0.3 is 15.3 Å². The van der Waals surface area contributed by atoms with Gasteiger partial charge in [0, 0.05) is 37.2 Å². The van der Waals surface area contributed by atoms with E-state index in [1.54, 1.807) is 35.2 Å². The van der Waals surface area contributed by atoms with Gasteiger partial charge >= 0.3 is 0 Å². The molecule has 2 amide bonds. The smallest absolute Gasteiger partial charge is 0.251 e. The fourth-order valence-electron chi connectivity index (χ4n) is 2.88. The summed E-state index contributed by atoms with van der Waals surface area (Å²) in [4.78, 5) is 30.0. The lowest BCUT2D eigenvalue weighted by Gasteiger charge is -2.26. The van der Waals surface area contributed by atoms with Crippen LogP contribution in [0.3, 0.4) is 0 Å². The van der Waals surface area contributed by atoms with Gasteiger partial charge in [-0.25, -0.2) is 0 Å². The molecule has 0 aliphatic carbocycles. The van der Waals surface area contributed by atoms with Gasteiger partial charge in [0.25, 0.3) is 5.91 Å². The third-order valence-electron chi connectivity index (χ3n) is 4.26. The molecule has 1 aromatic heterocycles. The number of aromatic hydroxyl groups is 1. The van der Waals surface area contributed by atoms with E-state index in [9.17, 15) is 14.7 Å². The molecule has 25 heavy (non-hydrogen) atoms. The van der Waals surface area contributed by atoms with Crippen molar-refractivity contribution in [3.63, 3.8) is 0 Å². The highest BCUT2D eigenvalue weighted by Crippen LogP contribution is 2.20. The van der Waals surface area contributed by atoms with Gasteiger partial charge in [0.05, 0.1) is 11.9 Å². The van der Waals surface area contributed by atoms with Crippen LogP contribution in [0.15, 0.2) is 42.6 Å². The third-order valence-corrected chi connectivity index (χ3v) is 4.26. The molecule has 1 aliphatic rings. The fraction of sp³-hybridized carbons (Fsp3) is 0.316. The Morgan fingerprint density at radius 3 is 2.88 bits per heavy atom. The lowest BCUT2D eigenvalue weighted by Crippen LogP contribution is -2.41. The van der Waals surface area contributed by atoms with Crippen molar-refractivity contribution in [3.05, 3.63) is 48.2 Å². The summed E-state index contributed by atoms with van der Waals surface area (Å²) in [7, 11) is 0. The first-order valence-electron chi connectivity index (χ1n) is 8.45. The Kier molecular flexibility index (Phi) is 5.28. The van der Waals surface area contributed by atoms with Gasteiger partial charge in [-0.1, -0.05) is 12.1 Å². The van der Waals surface area contributed by atoms with Crippen LogP contribution in [0.1, 0.15) is 29.6 Å². The summed E-state index contributed by atoms with van der Waals surface area (Å²) in [6.07, 6.45) is 3.97. The molecule has 0 bridgehead atoms. The molecule has 1 saturated heterocycles. The number of piperidine rings is 1. The standard InChI is InChI=1S/C19H21N3O3/c23-16-7-8-17(21-13-16)14-4-3-5-15(12-14)19(25)20-9-11-22-10-2-1-6-18(22)24/h3-5,7-8,12-13,23H,1-2,6,9-11H2,(H,20,25). The monoisotopic (exact) mass is 339 g/mol. The maximum atomic E-state index is 12.3. The Labute approximate surface area is 146 Å². The highest BCUT2D eigenvalue weighted by atomic mass is 16.3. The lowest BCUT2D eigenvalue weighted by molar-refractivity contribution is -0.133. The van der Waals surface area contributed by atoms with E-state index in [1.807, 2.05) is 6.07 Å². The number of nitrogens with zero attached hydrogens (tertiary/aromatic N) is 2. The van der Waals surface area contributed by atoms with Crippen molar-refractivity contribution in [2.45, 2.75) is 19.3 Å². The number of aromatic nitrogens is 1. The number of benzene rings is 1. The first-order chi connectivity index (χ1) is 12.1. The Morgan fingerprint density at radius 1 is 1.24 bits per heavy atom. The number of carbonyl (C=O) groups is 2. The van der Waals surface area contributed by atoms with Crippen LogP contribution in [0.25, 0.3) is 11.3 Å². The zero-order valence-electron chi connectivity index (χ0n) is 13.9. The highest BCUT2D eigenvalue weighted by molar-refractivity contribution is 5.95. The topological polar surface area (TPSA) is 82.5 Å². The summed E-state index contributed by atoms with van der Waals surface area (Å²) < 4.78 is 0. The van der Waals surface area contributed by atoms with E-state index in [0.717, 1.165) is 24.9 Å².